The Kier molecular flexibility index (Phi) is 7.36. The molecule has 0 radical (unpaired) electrons. The number of rotatable bonds is 7. The molecule has 3 aromatic carbocycles. The van der Waals surface area contributed by atoms with Gasteiger partial charge in [0, 0.05) is 26.3 Å². The Morgan fingerprint density at radius 3 is 2.50 bits per heavy atom. The summed E-state index contributed by atoms with van der Waals surface area (Å²) in [5.74, 6) is 0.565. The first-order chi connectivity index (χ1) is 15.6. The zero-order valence-corrected chi connectivity index (χ0v) is 19.8. The summed E-state index contributed by atoms with van der Waals surface area (Å²) in [6, 6.07) is 24.8. The van der Waals surface area contributed by atoms with Crippen LogP contribution in [-0.4, -0.2) is 32.6 Å². The summed E-state index contributed by atoms with van der Waals surface area (Å²) in [6.45, 7) is 0. The molecule has 0 aliphatic heterocycles. The lowest BCUT2D eigenvalue weighted by Gasteiger charge is -2.10. The number of aromatic nitrogens is 3. The van der Waals surface area contributed by atoms with E-state index >= 15 is 0 Å². The van der Waals surface area contributed by atoms with Gasteiger partial charge in [0.1, 0.15) is 0 Å². The van der Waals surface area contributed by atoms with Crippen molar-refractivity contribution in [2.45, 2.75) is 5.16 Å². The molecule has 6 nitrogen and oxygen atoms in total. The maximum Gasteiger partial charge on any atom is 0.250 e. The first-order valence-electron chi connectivity index (χ1n) is 9.58. The Morgan fingerprint density at radius 2 is 1.75 bits per heavy atom. The number of halogens is 2. The Labute approximate surface area is 202 Å². The van der Waals surface area contributed by atoms with Gasteiger partial charge in [0.2, 0.25) is 0 Å². The number of para-hydroxylation sites is 1. The van der Waals surface area contributed by atoms with Crippen molar-refractivity contribution >= 4 is 51.4 Å². The summed E-state index contributed by atoms with van der Waals surface area (Å²) in [5, 5.41) is 14.0. The molecule has 0 aliphatic carbocycles. The number of amides is 1. The molecule has 0 unspecified atom stereocenters. The molecule has 0 aliphatic rings. The van der Waals surface area contributed by atoms with Crippen LogP contribution in [0.2, 0.25) is 5.02 Å². The van der Waals surface area contributed by atoms with Crippen LogP contribution in [0.3, 0.4) is 0 Å². The van der Waals surface area contributed by atoms with Crippen LogP contribution in [0.1, 0.15) is 5.56 Å². The lowest BCUT2D eigenvalue weighted by atomic mass is 10.2. The SMILES string of the molecule is O=C(CSc1nnc(-c2ccc(Cl)cc2)n1-c1ccccc1)N/N=C/c1ccccc1Br. The number of carbonyl (C=O) groups excluding carboxylic acids is 1. The number of benzene rings is 3. The molecule has 0 bridgehead atoms. The minimum Gasteiger partial charge on any atom is -0.272 e. The minimum absolute atomic E-state index is 0.138. The highest BCUT2D eigenvalue weighted by atomic mass is 79.9. The van der Waals surface area contributed by atoms with E-state index in [1.165, 1.54) is 11.8 Å². The molecule has 9 heteroatoms. The van der Waals surface area contributed by atoms with Crippen LogP contribution in [-0.2, 0) is 4.79 Å². The first kappa shape index (κ1) is 22.3. The molecule has 0 spiro atoms. The largest absolute Gasteiger partial charge is 0.272 e. The Hall–Kier alpha value is -2.94. The van der Waals surface area contributed by atoms with Crippen molar-refractivity contribution in [1.82, 2.24) is 20.2 Å². The molecule has 160 valence electrons. The minimum atomic E-state index is -0.242. The number of hydrogen-bond donors (Lipinski definition) is 1. The van der Waals surface area contributed by atoms with E-state index in [2.05, 4.69) is 36.7 Å². The van der Waals surface area contributed by atoms with Gasteiger partial charge in [-0.2, -0.15) is 5.10 Å². The van der Waals surface area contributed by atoms with Crippen LogP contribution in [0.5, 0.6) is 0 Å². The van der Waals surface area contributed by atoms with Crippen molar-refractivity contribution in [3.05, 3.63) is 93.9 Å². The fraction of sp³-hybridized carbons (Fsp3) is 0.0435. The smallest absolute Gasteiger partial charge is 0.250 e. The molecule has 1 heterocycles. The summed E-state index contributed by atoms with van der Waals surface area (Å²) in [4.78, 5) is 12.3. The normalized spacial score (nSPS) is 11.1. The standard InChI is InChI=1S/C23H17BrClN5OS/c24-20-9-5-4-6-17(20)14-26-27-21(31)15-32-23-29-28-22(16-10-12-18(25)13-11-16)30(23)19-7-2-1-3-8-19/h1-14H,15H2,(H,27,31)/b26-14+. The summed E-state index contributed by atoms with van der Waals surface area (Å²) < 4.78 is 2.82. The zero-order chi connectivity index (χ0) is 22.3. The van der Waals surface area contributed by atoms with E-state index in [0.717, 1.165) is 21.3 Å². The maximum atomic E-state index is 12.3. The van der Waals surface area contributed by atoms with E-state index in [-0.39, 0.29) is 11.7 Å². The molecule has 1 N–H and O–H groups in total. The zero-order valence-electron chi connectivity index (χ0n) is 16.7. The molecule has 1 aromatic heterocycles. The third-order valence-corrected chi connectivity index (χ3v) is 6.28. The number of nitrogens with one attached hydrogen (secondary N) is 1. The van der Waals surface area contributed by atoms with Gasteiger partial charge < -0.3 is 0 Å². The third-order valence-electron chi connectivity index (χ3n) is 4.38. The van der Waals surface area contributed by atoms with E-state index < -0.39 is 0 Å². The summed E-state index contributed by atoms with van der Waals surface area (Å²) in [6.07, 6.45) is 1.60. The van der Waals surface area contributed by atoms with Crippen LogP contribution in [0.25, 0.3) is 17.1 Å². The van der Waals surface area contributed by atoms with Crippen LogP contribution >= 0.6 is 39.3 Å². The highest BCUT2D eigenvalue weighted by molar-refractivity contribution is 9.10. The van der Waals surface area contributed by atoms with E-state index in [1.807, 2.05) is 83.4 Å². The van der Waals surface area contributed by atoms with E-state index in [4.69, 9.17) is 11.6 Å². The second kappa shape index (κ2) is 10.6. The fourth-order valence-corrected chi connectivity index (χ4v) is 4.13. The summed E-state index contributed by atoms with van der Waals surface area (Å²) in [5.41, 5.74) is 5.20. The highest BCUT2D eigenvalue weighted by Crippen LogP contribution is 2.28. The molecule has 4 rings (SSSR count). The highest BCUT2D eigenvalue weighted by Gasteiger charge is 2.17. The van der Waals surface area contributed by atoms with Gasteiger partial charge in [-0.3, -0.25) is 9.36 Å². The quantitative estimate of drug-likeness (QED) is 0.193. The topological polar surface area (TPSA) is 72.2 Å². The van der Waals surface area contributed by atoms with Crippen LogP contribution in [0.4, 0.5) is 0 Å². The molecule has 32 heavy (non-hydrogen) atoms. The van der Waals surface area contributed by atoms with Crippen molar-refractivity contribution in [3.8, 4) is 17.1 Å². The predicted octanol–water partition coefficient (Wildman–Crippen LogP) is 5.59. The van der Waals surface area contributed by atoms with Gasteiger partial charge >= 0.3 is 0 Å². The van der Waals surface area contributed by atoms with Gasteiger partial charge in [-0.05, 0) is 42.5 Å². The number of hydrazone groups is 1. The third kappa shape index (κ3) is 5.45. The van der Waals surface area contributed by atoms with Gasteiger partial charge in [0.05, 0.1) is 12.0 Å². The first-order valence-corrected chi connectivity index (χ1v) is 11.7. The van der Waals surface area contributed by atoms with Crippen LogP contribution in [0, 0.1) is 0 Å². The van der Waals surface area contributed by atoms with Gasteiger partial charge in [0.25, 0.3) is 5.91 Å². The molecule has 1 amide bonds. The van der Waals surface area contributed by atoms with Crippen LogP contribution in [0.15, 0.2) is 93.6 Å². The van der Waals surface area contributed by atoms with Gasteiger partial charge in [-0.25, -0.2) is 5.43 Å². The molecular formula is C23H17BrClN5OS. The summed E-state index contributed by atoms with van der Waals surface area (Å²) >= 11 is 10.8. The Balaban J connectivity index is 1.50. The van der Waals surface area contributed by atoms with E-state index in [1.54, 1.807) is 6.21 Å². The second-order valence-corrected chi connectivity index (χ2v) is 8.82. The number of hydrogen-bond acceptors (Lipinski definition) is 5. The van der Waals surface area contributed by atoms with Gasteiger partial charge in [-0.1, -0.05) is 75.7 Å². The van der Waals surface area contributed by atoms with Crippen molar-refractivity contribution in [2.75, 3.05) is 5.75 Å². The molecule has 0 fully saturated rings. The Morgan fingerprint density at radius 1 is 1.03 bits per heavy atom. The second-order valence-electron chi connectivity index (χ2n) is 6.59. The maximum absolute atomic E-state index is 12.3. The molecule has 0 saturated heterocycles. The average Bonchev–Trinajstić information content (AvgIpc) is 3.24. The molecular weight excluding hydrogens is 510 g/mol. The predicted molar refractivity (Wildman–Crippen MR) is 132 cm³/mol. The van der Waals surface area contributed by atoms with Gasteiger partial charge in [-0.15, -0.1) is 10.2 Å². The Bertz CT molecular complexity index is 1240. The molecule has 4 aromatic rings. The summed E-state index contributed by atoms with van der Waals surface area (Å²) in [7, 11) is 0. The average molecular weight is 527 g/mol. The lowest BCUT2D eigenvalue weighted by molar-refractivity contribution is -0.118. The fourth-order valence-electron chi connectivity index (χ4n) is 2.88. The van der Waals surface area contributed by atoms with Crippen molar-refractivity contribution in [3.63, 3.8) is 0 Å². The van der Waals surface area contributed by atoms with E-state index in [9.17, 15) is 4.79 Å². The van der Waals surface area contributed by atoms with Crippen molar-refractivity contribution in [1.29, 1.82) is 0 Å². The van der Waals surface area contributed by atoms with Crippen molar-refractivity contribution in [2.24, 2.45) is 5.10 Å². The van der Waals surface area contributed by atoms with Crippen molar-refractivity contribution < 1.29 is 4.79 Å². The van der Waals surface area contributed by atoms with E-state index in [0.29, 0.717) is 16.0 Å². The lowest BCUT2D eigenvalue weighted by Crippen LogP contribution is -2.20. The monoisotopic (exact) mass is 525 g/mol. The molecule has 0 atom stereocenters. The molecule has 0 saturated carbocycles. The van der Waals surface area contributed by atoms with Gasteiger partial charge in [0.15, 0.2) is 11.0 Å². The number of carbonyl (C=O) groups is 1. The number of nitrogens with zero attached hydrogens (tertiary/aromatic N) is 4. The number of thioether (sulfide) groups is 1. The van der Waals surface area contributed by atoms with Crippen LogP contribution < -0.4 is 5.43 Å².